The Bertz CT molecular complexity index is 1090. The van der Waals surface area contributed by atoms with Crippen molar-refractivity contribution in [3.05, 3.63) is 69.6 Å². The molecule has 0 saturated heterocycles. The first-order valence-electron chi connectivity index (χ1n) is 7.76. The molecule has 0 radical (unpaired) electrons. The summed E-state index contributed by atoms with van der Waals surface area (Å²) in [6, 6.07) is 8.81. The molecule has 1 aromatic heterocycles. The van der Waals surface area contributed by atoms with E-state index in [1.807, 2.05) is 0 Å². The van der Waals surface area contributed by atoms with Gasteiger partial charge in [-0.3, -0.25) is 4.79 Å². The van der Waals surface area contributed by atoms with Gasteiger partial charge in [0.05, 0.1) is 18.1 Å². The molecular weight excluding hydrogens is 336 g/mol. The highest BCUT2D eigenvalue weighted by molar-refractivity contribution is 6.11. The number of methoxy groups -OCH3 is 1. The number of carbonyl (C=O) groups is 1. The van der Waals surface area contributed by atoms with Crippen LogP contribution in [0.3, 0.4) is 0 Å². The van der Waals surface area contributed by atoms with Crippen LogP contribution in [0.1, 0.15) is 21.5 Å². The first-order chi connectivity index (χ1) is 12.4. The predicted octanol–water partition coefficient (Wildman–Crippen LogP) is 3.42. The third-order valence-electron chi connectivity index (χ3n) is 3.98. The van der Waals surface area contributed by atoms with E-state index in [1.165, 1.54) is 37.5 Å². The molecule has 2 aromatic carbocycles. The Morgan fingerprint density at radius 1 is 1.15 bits per heavy atom. The molecule has 0 spiro atoms. The molecule has 6 heteroatoms. The lowest BCUT2D eigenvalue weighted by Gasteiger charge is -2.07. The molecule has 2 N–H and O–H groups in total. The Morgan fingerprint density at radius 2 is 1.92 bits per heavy atom. The van der Waals surface area contributed by atoms with Gasteiger partial charge in [0.1, 0.15) is 11.3 Å². The number of phenolic OH excluding ortho intramolecular Hbond substituents is 2. The van der Waals surface area contributed by atoms with Crippen molar-refractivity contribution in [3.63, 3.8) is 0 Å². The molecular formula is C20H16O6. The van der Waals surface area contributed by atoms with Crippen molar-refractivity contribution >= 4 is 22.8 Å². The first kappa shape index (κ1) is 17.3. The molecule has 0 unspecified atom stereocenters. The lowest BCUT2D eigenvalue weighted by atomic mass is 10.0. The number of ketones is 1. The van der Waals surface area contributed by atoms with E-state index < -0.39 is 11.4 Å². The number of hydrogen-bond donors (Lipinski definition) is 2. The number of allylic oxidation sites excluding steroid dienone is 1. The fourth-order valence-corrected chi connectivity index (χ4v) is 2.68. The highest BCUT2D eigenvalue weighted by atomic mass is 16.5. The lowest BCUT2D eigenvalue weighted by Crippen LogP contribution is -2.01. The van der Waals surface area contributed by atoms with Gasteiger partial charge < -0.3 is 19.4 Å². The van der Waals surface area contributed by atoms with Crippen molar-refractivity contribution in [1.82, 2.24) is 0 Å². The van der Waals surface area contributed by atoms with Gasteiger partial charge in [0.25, 0.3) is 0 Å². The zero-order valence-corrected chi connectivity index (χ0v) is 14.1. The van der Waals surface area contributed by atoms with Gasteiger partial charge >= 0.3 is 5.63 Å². The van der Waals surface area contributed by atoms with Crippen LogP contribution in [0.15, 0.2) is 51.7 Å². The van der Waals surface area contributed by atoms with Crippen molar-refractivity contribution in [3.8, 4) is 17.2 Å². The summed E-state index contributed by atoms with van der Waals surface area (Å²) in [5.74, 6) is -0.359. The Morgan fingerprint density at radius 3 is 2.65 bits per heavy atom. The molecule has 0 atom stereocenters. The molecule has 0 saturated carbocycles. The maximum Gasteiger partial charge on any atom is 0.336 e. The minimum atomic E-state index is -0.519. The standard InChI is InChI=1S/C20H16O6/c1-11-9-18(23)26-16-8-5-13(20(24)19(11)16)14(21)6-3-12-4-7-15(22)17(10-12)25-2/h3-10,22,24H,1-2H3/b6-3+. The van der Waals surface area contributed by atoms with Crippen LogP contribution in [0.25, 0.3) is 17.0 Å². The van der Waals surface area contributed by atoms with Crippen LogP contribution in [0.4, 0.5) is 0 Å². The number of benzene rings is 2. The Balaban J connectivity index is 1.98. The second kappa shape index (κ2) is 6.76. The lowest BCUT2D eigenvalue weighted by molar-refractivity contribution is 0.104. The van der Waals surface area contributed by atoms with Crippen molar-refractivity contribution < 1.29 is 24.2 Å². The third kappa shape index (κ3) is 3.17. The minimum absolute atomic E-state index is 0.000109. The second-order valence-electron chi connectivity index (χ2n) is 5.71. The van der Waals surface area contributed by atoms with E-state index in [1.54, 1.807) is 25.1 Å². The molecule has 0 amide bonds. The first-order valence-corrected chi connectivity index (χ1v) is 7.76. The van der Waals surface area contributed by atoms with E-state index in [2.05, 4.69) is 0 Å². The minimum Gasteiger partial charge on any atom is -0.506 e. The average Bonchev–Trinajstić information content (AvgIpc) is 2.60. The number of fused-ring (bicyclic) bond motifs is 1. The number of rotatable bonds is 4. The van der Waals surface area contributed by atoms with Crippen molar-refractivity contribution in [2.75, 3.05) is 7.11 Å². The summed E-state index contributed by atoms with van der Waals surface area (Å²) in [7, 11) is 1.43. The van der Waals surface area contributed by atoms with Gasteiger partial charge in [-0.05, 0) is 48.4 Å². The van der Waals surface area contributed by atoms with Gasteiger partial charge in [-0.15, -0.1) is 0 Å². The maximum absolute atomic E-state index is 12.5. The summed E-state index contributed by atoms with van der Waals surface area (Å²) in [4.78, 5) is 23.9. The molecule has 0 aliphatic rings. The third-order valence-corrected chi connectivity index (χ3v) is 3.98. The zero-order chi connectivity index (χ0) is 18.8. The van der Waals surface area contributed by atoms with E-state index in [0.717, 1.165) is 0 Å². The smallest absolute Gasteiger partial charge is 0.336 e. The maximum atomic E-state index is 12.5. The van der Waals surface area contributed by atoms with Gasteiger partial charge in [-0.1, -0.05) is 12.1 Å². The average molecular weight is 352 g/mol. The summed E-state index contributed by atoms with van der Waals surface area (Å²) in [6.07, 6.45) is 2.85. The van der Waals surface area contributed by atoms with Crippen LogP contribution in [0, 0.1) is 6.92 Å². The molecule has 26 heavy (non-hydrogen) atoms. The van der Waals surface area contributed by atoms with E-state index >= 15 is 0 Å². The summed E-state index contributed by atoms with van der Waals surface area (Å²) < 4.78 is 10.1. The summed E-state index contributed by atoms with van der Waals surface area (Å²) in [6.45, 7) is 1.66. The van der Waals surface area contributed by atoms with Crippen LogP contribution in [-0.2, 0) is 0 Å². The van der Waals surface area contributed by atoms with E-state index in [9.17, 15) is 19.8 Å². The second-order valence-corrected chi connectivity index (χ2v) is 5.71. The van der Waals surface area contributed by atoms with Gasteiger partial charge in [0.2, 0.25) is 0 Å². The molecule has 0 fully saturated rings. The largest absolute Gasteiger partial charge is 0.506 e. The molecule has 3 aromatic rings. The number of phenols is 2. The number of aryl methyl sites for hydroxylation is 1. The Hall–Kier alpha value is -3.54. The highest BCUT2D eigenvalue weighted by Crippen LogP contribution is 2.31. The van der Waals surface area contributed by atoms with Crippen LogP contribution in [-0.4, -0.2) is 23.1 Å². The quantitative estimate of drug-likeness (QED) is 0.424. The summed E-state index contributed by atoms with van der Waals surface area (Å²) >= 11 is 0. The number of carbonyl (C=O) groups excluding carboxylic acids is 1. The fourth-order valence-electron chi connectivity index (χ4n) is 2.68. The Kier molecular flexibility index (Phi) is 4.49. The van der Waals surface area contributed by atoms with Crippen molar-refractivity contribution in [2.45, 2.75) is 6.92 Å². The number of aromatic hydroxyl groups is 2. The molecule has 0 aliphatic heterocycles. The topological polar surface area (TPSA) is 97.0 Å². The van der Waals surface area contributed by atoms with Crippen molar-refractivity contribution in [1.29, 1.82) is 0 Å². The molecule has 132 valence electrons. The fraction of sp³-hybridized carbons (Fsp3) is 0.100. The van der Waals surface area contributed by atoms with Gasteiger partial charge in [-0.25, -0.2) is 4.79 Å². The van der Waals surface area contributed by atoms with E-state index in [-0.39, 0.29) is 22.6 Å². The van der Waals surface area contributed by atoms with Gasteiger partial charge in [0, 0.05) is 6.07 Å². The van der Waals surface area contributed by atoms with Crippen LogP contribution in [0.5, 0.6) is 17.2 Å². The number of ether oxygens (including phenoxy) is 1. The molecule has 0 bridgehead atoms. The highest BCUT2D eigenvalue weighted by Gasteiger charge is 2.15. The summed E-state index contributed by atoms with van der Waals surface area (Å²) in [5, 5.41) is 20.4. The molecule has 0 aliphatic carbocycles. The Labute approximate surface area is 148 Å². The van der Waals surface area contributed by atoms with Crippen LogP contribution in [0.2, 0.25) is 0 Å². The molecule has 1 heterocycles. The molecule has 3 rings (SSSR count). The summed E-state index contributed by atoms with van der Waals surface area (Å²) in [5.41, 5.74) is 0.966. The van der Waals surface area contributed by atoms with E-state index in [0.29, 0.717) is 22.3 Å². The van der Waals surface area contributed by atoms with E-state index in [4.69, 9.17) is 9.15 Å². The van der Waals surface area contributed by atoms with Crippen LogP contribution >= 0.6 is 0 Å². The van der Waals surface area contributed by atoms with Crippen molar-refractivity contribution in [2.24, 2.45) is 0 Å². The van der Waals surface area contributed by atoms with Crippen LogP contribution < -0.4 is 10.4 Å². The van der Waals surface area contributed by atoms with Gasteiger partial charge in [0.15, 0.2) is 17.3 Å². The SMILES string of the molecule is COc1cc(/C=C/C(=O)c2ccc3oc(=O)cc(C)c3c2O)ccc1O. The predicted molar refractivity (Wildman–Crippen MR) is 96.9 cm³/mol. The van der Waals surface area contributed by atoms with Gasteiger partial charge in [-0.2, -0.15) is 0 Å². The monoisotopic (exact) mass is 352 g/mol. The molecule has 6 nitrogen and oxygen atoms in total. The normalized spacial score (nSPS) is 11.2. The zero-order valence-electron chi connectivity index (χ0n) is 14.1. The number of hydrogen-bond acceptors (Lipinski definition) is 6.